The molecule has 0 heterocycles. The number of alkyl halides is 3. The van der Waals surface area contributed by atoms with Gasteiger partial charge in [0.15, 0.2) is 0 Å². The number of nitrogen functional groups attached to an aromatic ring is 1. The van der Waals surface area contributed by atoms with Gasteiger partial charge in [-0.2, -0.15) is 13.2 Å². The Balaban J connectivity index is 2.61. The summed E-state index contributed by atoms with van der Waals surface area (Å²) in [4.78, 5) is 0. The molecule has 2 aromatic carbocycles. The number of rotatable bonds is 1. The monoisotopic (exact) mass is 271 g/mol. The van der Waals surface area contributed by atoms with Crippen LogP contribution < -0.4 is 5.73 Å². The van der Waals surface area contributed by atoms with E-state index in [1.54, 1.807) is 6.07 Å². The van der Waals surface area contributed by atoms with E-state index in [1.165, 1.54) is 30.3 Å². The van der Waals surface area contributed by atoms with Crippen LogP contribution in [0.3, 0.4) is 0 Å². The minimum absolute atomic E-state index is 0.0897. The lowest BCUT2D eigenvalue weighted by Gasteiger charge is -2.13. The van der Waals surface area contributed by atoms with Gasteiger partial charge in [-0.25, -0.2) is 0 Å². The molecule has 2 rings (SSSR count). The molecule has 1 nitrogen and oxygen atoms in total. The van der Waals surface area contributed by atoms with E-state index in [9.17, 15) is 13.2 Å². The molecule has 2 aromatic rings. The van der Waals surface area contributed by atoms with Crippen LogP contribution in [0.2, 0.25) is 5.02 Å². The van der Waals surface area contributed by atoms with Gasteiger partial charge in [-0.05, 0) is 29.3 Å². The van der Waals surface area contributed by atoms with Crippen molar-refractivity contribution < 1.29 is 13.2 Å². The fourth-order valence-electron chi connectivity index (χ4n) is 1.68. The Morgan fingerprint density at radius 3 is 2.28 bits per heavy atom. The van der Waals surface area contributed by atoms with Gasteiger partial charge in [0.1, 0.15) is 0 Å². The Hall–Kier alpha value is -1.68. The average molecular weight is 272 g/mol. The van der Waals surface area contributed by atoms with Crippen LogP contribution in [0.1, 0.15) is 5.56 Å². The zero-order valence-electron chi connectivity index (χ0n) is 9.13. The van der Waals surface area contributed by atoms with Gasteiger partial charge >= 0.3 is 6.18 Å². The molecule has 0 aliphatic heterocycles. The summed E-state index contributed by atoms with van der Waals surface area (Å²) in [7, 11) is 0. The highest BCUT2D eigenvalue weighted by atomic mass is 35.5. The lowest BCUT2D eigenvalue weighted by molar-refractivity contribution is -0.137. The maximum absolute atomic E-state index is 12.9. The van der Waals surface area contributed by atoms with E-state index in [2.05, 4.69) is 0 Å². The molecule has 0 aliphatic carbocycles. The smallest absolute Gasteiger partial charge is 0.398 e. The normalized spacial score (nSPS) is 11.6. The number of hydrogen-bond acceptors (Lipinski definition) is 1. The molecule has 0 radical (unpaired) electrons. The summed E-state index contributed by atoms with van der Waals surface area (Å²) >= 11 is 5.82. The van der Waals surface area contributed by atoms with E-state index in [0.717, 1.165) is 6.07 Å². The SMILES string of the molecule is Nc1ccc(-c2ccccc2C(F)(F)F)cc1Cl. The van der Waals surface area contributed by atoms with E-state index in [4.69, 9.17) is 17.3 Å². The summed E-state index contributed by atoms with van der Waals surface area (Å²) in [5, 5.41) is 0.240. The Morgan fingerprint density at radius 2 is 1.67 bits per heavy atom. The van der Waals surface area contributed by atoms with E-state index in [1.807, 2.05) is 0 Å². The number of halogens is 4. The number of anilines is 1. The average Bonchev–Trinajstić information content (AvgIpc) is 2.32. The van der Waals surface area contributed by atoms with Crippen molar-refractivity contribution in [2.45, 2.75) is 6.18 Å². The maximum Gasteiger partial charge on any atom is 0.417 e. The van der Waals surface area contributed by atoms with Crippen molar-refractivity contribution in [3.63, 3.8) is 0 Å². The first-order valence-corrected chi connectivity index (χ1v) is 5.49. The minimum atomic E-state index is -4.40. The molecule has 0 atom stereocenters. The first-order chi connectivity index (χ1) is 8.39. The summed E-state index contributed by atoms with van der Waals surface area (Å²) in [6, 6.07) is 9.79. The Bertz CT molecular complexity index is 579. The van der Waals surface area contributed by atoms with E-state index in [-0.39, 0.29) is 10.6 Å². The first kappa shape index (κ1) is 12.8. The zero-order valence-corrected chi connectivity index (χ0v) is 9.89. The van der Waals surface area contributed by atoms with Gasteiger partial charge in [-0.1, -0.05) is 35.9 Å². The molecular weight excluding hydrogens is 263 g/mol. The van der Waals surface area contributed by atoms with Crippen LogP contribution in [0.15, 0.2) is 42.5 Å². The summed E-state index contributed by atoms with van der Waals surface area (Å²) < 4.78 is 38.6. The van der Waals surface area contributed by atoms with E-state index >= 15 is 0 Å². The fraction of sp³-hybridized carbons (Fsp3) is 0.0769. The van der Waals surface area contributed by atoms with Gasteiger partial charge in [-0.15, -0.1) is 0 Å². The predicted octanol–water partition coefficient (Wildman–Crippen LogP) is 4.61. The van der Waals surface area contributed by atoms with Crippen LogP contribution >= 0.6 is 11.6 Å². The van der Waals surface area contributed by atoms with Crippen molar-refractivity contribution in [2.24, 2.45) is 0 Å². The minimum Gasteiger partial charge on any atom is -0.398 e. The van der Waals surface area contributed by atoms with Crippen molar-refractivity contribution in [1.29, 1.82) is 0 Å². The molecule has 0 amide bonds. The van der Waals surface area contributed by atoms with Crippen molar-refractivity contribution in [1.82, 2.24) is 0 Å². The second kappa shape index (κ2) is 4.53. The van der Waals surface area contributed by atoms with Crippen molar-refractivity contribution in [3.8, 4) is 11.1 Å². The van der Waals surface area contributed by atoms with Crippen LogP contribution in [0.5, 0.6) is 0 Å². The van der Waals surface area contributed by atoms with Crippen LogP contribution in [0, 0.1) is 0 Å². The Morgan fingerprint density at radius 1 is 1.00 bits per heavy atom. The van der Waals surface area contributed by atoms with Crippen molar-refractivity contribution in [3.05, 3.63) is 53.1 Å². The van der Waals surface area contributed by atoms with Crippen molar-refractivity contribution >= 4 is 17.3 Å². The first-order valence-electron chi connectivity index (χ1n) is 5.11. The predicted molar refractivity (Wildman–Crippen MR) is 66.3 cm³/mol. The zero-order chi connectivity index (χ0) is 13.3. The Labute approximate surface area is 107 Å². The lowest BCUT2D eigenvalue weighted by atomic mass is 9.99. The molecule has 0 bridgehead atoms. The quantitative estimate of drug-likeness (QED) is 0.753. The molecule has 0 unspecified atom stereocenters. The van der Waals surface area contributed by atoms with E-state index < -0.39 is 11.7 Å². The molecule has 2 N–H and O–H groups in total. The van der Waals surface area contributed by atoms with Gasteiger partial charge in [0.25, 0.3) is 0 Å². The van der Waals surface area contributed by atoms with Crippen LogP contribution in [-0.2, 0) is 6.18 Å². The van der Waals surface area contributed by atoms with Gasteiger partial charge in [0.2, 0.25) is 0 Å². The molecule has 0 spiro atoms. The molecule has 0 saturated heterocycles. The van der Waals surface area contributed by atoms with E-state index in [0.29, 0.717) is 11.3 Å². The van der Waals surface area contributed by atoms with Gasteiger partial charge in [0.05, 0.1) is 16.3 Å². The molecule has 18 heavy (non-hydrogen) atoms. The second-order valence-electron chi connectivity index (χ2n) is 3.78. The standard InChI is InChI=1S/C13H9ClF3N/c14-11-7-8(5-6-12(11)18)9-3-1-2-4-10(9)13(15,16)17/h1-7H,18H2. The molecule has 94 valence electrons. The molecule has 0 saturated carbocycles. The topological polar surface area (TPSA) is 26.0 Å². The summed E-state index contributed by atoms with van der Waals surface area (Å²) in [5.41, 5.74) is 5.67. The molecule has 0 aliphatic rings. The molecule has 0 aromatic heterocycles. The lowest BCUT2D eigenvalue weighted by Crippen LogP contribution is -2.06. The molecule has 0 fully saturated rings. The third-order valence-corrected chi connectivity index (χ3v) is 2.87. The maximum atomic E-state index is 12.9. The summed E-state index contributed by atoms with van der Waals surface area (Å²) in [6.07, 6.45) is -4.40. The van der Waals surface area contributed by atoms with Gasteiger partial charge in [-0.3, -0.25) is 0 Å². The van der Waals surface area contributed by atoms with Gasteiger partial charge in [0, 0.05) is 0 Å². The highest BCUT2D eigenvalue weighted by molar-refractivity contribution is 6.33. The highest BCUT2D eigenvalue weighted by Crippen LogP contribution is 2.38. The number of benzene rings is 2. The summed E-state index contributed by atoms with van der Waals surface area (Å²) in [5.74, 6) is 0. The largest absolute Gasteiger partial charge is 0.417 e. The van der Waals surface area contributed by atoms with Crippen LogP contribution in [0.25, 0.3) is 11.1 Å². The number of nitrogens with two attached hydrogens (primary N) is 1. The van der Waals surface area contributed by atoms with Gasteiger partial charge < -0.3 is 5.73 Å². The Kier molecular flexibility index (Phi) is 3.22. The molecule has 5 heteroatoms. The highest BCUT2D eigenvalue weighted by Gasteiger charge is 2.33. The third kappa shape index (κ3) is 2.43. The van der Waals surface area contributed by atoms with Crippen molar-refractivity contribution in [2.75, 3.05) is 5.73 Å². The van der Waals surface area contributed by atoms with Crippen LogP contribution in [0.4, 0.5) is 18.9 Å². The second-order valence-corrected chi connectivity index (χ2v) is 4.19. The molecular formula is C13H9ClF3N. The van der Waals surface area contributed by atoms with Crippen LogP contribution in [-0.4, -0.2) is 0 Å². The summed E-state index contributed by atoms with van der Waals surface area (Å²) in [6.45, 7) is 0. The number of hydrogen-bond donors (Lipinski definition) is 1. The fourth-order valence-corrected chi connectivity index (χ4v) is 1.86. The third-order valence-electron chi connectivity index (χ3n) is 2.54.